The van der Waals surface area contributed by atoms with Crippen LogP contribution >= 0.6 is 0 Å². The highest BCUT2D eigenvalue weighted by Crippen LogP contribution is 2.42. The molecule has 0 aromatic heterocycles. The van der Waals surface area contributed by atoms with Crippen LogP contribution in [0, 0.1) is 5.92 Å². The molecule has 1 aliphatic carbocycles. The minimum absolute atomic E-state index is 0.0292. The summed E-state index contributed by atoms with van der Waals surface area (Å²) in [7, 11) is 0. The lowest BCUT2D eigenvalue weighted by atomic mass is 9.96. The zero-order valence-electron chi connectivity index (χ0n) is 12.4. The Morgan fingerprint density at radius 1 is 1.41 bits per heavy atom. The number of nitrogens with one attached hydrogen (secondary N) is 1. The molecule has 1 heterocycles. The summed E-state index contributed by atoms with van der Waals surface area (Å²) >= 11 is 0. The van der Waals surface area contributed by atoms with Crippen LogP contribution in [0.5, 0.6) is 0 Å². The van der Waals surface area contributed by atoms with Crippen LogP contribution in [0.3, 0.4) is 0 Å². The number of imide groups is 1. The molecular formula is C13H18F3N3O3. The normalized spacial score (nSPS) is 25.4. The van der Waals surface area contributed by atoms with Crippen molar-refractivity contribution >= 4 is 17.8 Å². The summed E-state index contributed by atoms with van der Waals surface area (Å²) in [6, 6.07) is -0.726. The van der Waals surface area contributed by atoms with Crippen molar-refractivity contribution in [3.8, 4) is 0 Å². The van der Waals surface area contributed by atoms with Crippen LogP contribution in [0.15, 0.2) is 0 Å². The van der Waals surface area contributed by atoms with Gasteiger partial charge < -0.3 is 10.2 Å². The molecule has 6 nitrogen and oxygen atoms in total. The third-order valence-corrected chi connectivity index (χ3v) is 4.09. The first-order valence-corrected chi connectivity index (χ1v) is 7.07. The second-order valence-corrected chi connectivity index (χ2v) is 5.82. The molecule has 2 aliphatic rings. The number of hydrogen-bond donors (Lipinski definition) is 1. The van der Waals surface area contributed by atoms with Gasteiger partial charge in [-0.15, -0.1) is 0 Å². The summed E-state index contributed by atoms with van der Waals surface area (Å²) in [4.78, 5) is 37.4. The molecule has 0 spiro atoms. The van der Waals surface area contributed by atoms with Gasteiger partial charge in [0.25, 0.3) is 5.91 Å². The molecule has 124 valence electrons. The summed E-state index contributed by atoms with van der Waals surface area (Å²) in [5.74, 6) is -1.42. The molecule has 1 N–H and O–H groups in total. The van der Waals surface area contributed by atoms with E-state index in [9.17, 15) is 27.6 Å². The Bertz CT molecular complexity index is 504. The summed E-state index contributed by atoms with van der Waals surface area (Å²) in [6.45, 7) is 0.775. The maximum absolute atomic E-state index is 12.4. The van der Waals surface area contributed by atoms with Gasteiger partial charge in [-0.3, -0.25) is 14.5 Å². The van der Waals surface area contributed by atoms with E-state index in [1.54, 1.807) is 6.92 Å². The highest BCUT2D eigenvalue weighted by Gasteiger charge is 2.56. The lowest BCUT2D eigenvalue weighted by Crippen LogP contribution is -2.48. The first kappa shape index (κ1) is 16.6. The molecule has 0 aromatic rings. The minimum atomic E-state index is -4.52. The molecule has 0 radical (unpaired) electrons. The van der Waals surface area contributed by atoms with Crippen LogP contribution in [0.1, 0.15) is 26.7 Å². The van der Waals surface area contributed by atoms with Gasteiger partial charge in [-0.2, -0.15) is 13.2 Å². The van der Waals surface area contributed by atoms with E-state index in [-0.39, 0.29) is 12.5 Å². The van der Waals surface area contributed by atoms with E-state index in [1.165, 1.54) is 6.92 Å². The zero-order chi connectivity index (χ0) is 16.7. The number of nitrogens with zero attached hydrogens (tertiary/aromatic N) is 2. The predicted octanol–water partition coefficient (Wildman–Crippen LogP) is 1.12. The molecule has 2 rings (SSSR count). The average Bonchev–Trinajstić information content (AvgIpc) is 3.21. The first-order valence-electron chi connectivity index (χ1n) is 7.07. The van der Waals surface area contributed by atoms with Crippen molar-refractivity contribution in [2.24, 2.45) is 5.92 Å². The Hall–Kier alpha value is -1.80. The lowest BCUT2D eigenvalue weighted by Gasteiger charge is -2.25. The maximum Gasteiger partial charge on any atom is 0.406 e. The van der Waals surface area contributed by atoms with Crippen molar-refractivity contribution in [3.05, 3.63) is 0 Å². The summed E-state index contributed by atoms with van der Waals surface area (Å²) in [6.07, 6.45) is -2.91. The predicted molar refractivity (Wildman–Crippen MR) is 69.7 cm³/mol. The number of halogens is 3. The van der Waals surface area contributed by atoms with Gasteiger partial charge in [0.05, 0.1) is 0 Å². The molecule has 4 amide bonds. The van der Waals surface area contributed by atoms with Crippen molar-refractivity contribution in [1.29, 1.82) is 0 Å². The van der Waals surface area contributed by atoms with E-state index in [0.717, 1.165) is 12.8 Å². The largest absolute Gasteiger partial charge is 0.406 e. The monoisotopic (exact) mass is 321 g/mol. The highest BCUT2D eigenvalue weighted by atomic mass is 19.4. The van der Waals surface area contributed by atoms with Gasteiger partial charge in [-0.1, -0.05) is 0 Å². The Morgan fingerprint density at radius 2 is 2.00 bits per heavy atom. The van der Waals surface area contributed by atoms with Crippen LogP contribution < -0.4 is 5.32 Å². The fraction of sp³-hybridized carbons (Fsp3) is 0.769. The van der Waals surface area contributed by atoms with E-state index in [4.69, 9.17) is 0 Å². The van der Waals surface area contributed by atoms with E-state index in [0.29, 0.717) is 9.80 Å². The smallest absolute Gasteiger partial charge is 0.332 e. The van der Waals surface area contributed by atoms with Gasteiger partial charge >= 0.3 is 12.2 Å². The number of hydrogen-bond acceptors (Lipinski definition) is 3. The van der Waals surface area contributed by atoms with Crippen molar-refractivity contribution in [3.63, 3.8) is 0 Å². The molecular weight excluding hydrogens is 303 g/mol. The van der Waals surface area contributed by atoms with Gasteiger partial charge in [0.1, 0.15) is 18.6 Å². The molecule has 1 unspecified atom stereocenters. The second-order valence-electron chi connectivity index (χ2n) is 5.82. The second kappa shape index (κ2) is 5.44. The van der Waals surface area contributed by atoms with Gasteiger partial charge in [0, 0.05) is 6.54 Å². The topological polar surface area (TPSA) is 69.7 Å². The summed E-state index contributed by atoms with van der Waals surface area (Å²) < 4.78 is 37.2. The fourth-order valence-electron chi connectivity index (χ4n) is 2.62. The Labute approximate surface area is 125 Å². The molecule has 0 bridgehead atoms. The van der Waals surface area contributed by atoms with Crippen molar-refractivity contribution < 1.29 is 27.6 Å². The minimum Gasteiger partial charge on any atom is -0.332 e. The number of rotatable bonds is 5. The van der Waals surface area contributed by atoms with E-state index in [2.05, 4.69) is 5.32 Å². The molecule has 1 saturated carbocycles. The average molecular weight is 321 g/mol. The van der Waals surface area contributed by atoms with E-state index < -0.39 is 42.7 Å². The summed E-state index contributed by atoms with van der Waals surface area (Å²) in [5, 5.41) is 2.55. The van der Waals surface area contributed by atoms with Crippen LogP contribution in [-0.4, -0.2) is 59.0 Å². The van der Waals surface area contributed by atoms with E-state index >= 15 is 0 Å². The highest BCUT2D eigenvalue weighted by molar-refractivity contribution is 6.09. The molecule has 9 heteroatoms. The molecule has 22 heavy (non-hydrogen) atoms. The number of carbonyl (C=O) groups excluding carboxylic acids is 3. The molecule has 1 saturated heterocycles. The fourth-order valence-corrected chi connectivity index (χ4v) is 2.62. The van der Waals surface area contributed by atoms with Gasteiger partial charge in [0.15, 0.2) is 0 Å². The maximum atomic E-state index is 12.4. The third-order valence-electron chi connectivity index (χ3n) is 4.09. The van der Waals surface area contributed by atoms with Gasteiger partial charge in [-0.05, 0) is 32.6 Å². The zero-order valence-corrected chi connectivity index (χ0v) is 12.4. The van der Waals surface area contributed by atoms with Gasteiger partial charge in [0.2, 0.25) is 5.91 Å². The first-order chi connectivity index (χ1) is 10.1. The molecule has 1 aliphatic heterocycles. The lowest BCUT2D eigenvalue weighted by molar-refractivity contribution is -0.161. The molecule has 1 atom stereocenters. The number of alkyl halides is 3. The van der Waals surface area contributed by atoms with Crippen molar-refractivity contribution in [2.75, 3.05) is 19.6 Å². The molecule has 0 aromatic carbocycles. The standard InChI is InChI=1S/C13H18F3N3O3/c1-3-18(7-13(14,15)16)9(20)6-19-10(21)12(2,8-4-5-8)17-11(19)22/h8H,3-7H2,1-2H3,(H,17,22). The van der Waals surface area contributed by atoms with Crippen LogP contribution in [0.25, 0.3) is 0 Å². The molecule has 2 fully saturated rings. The quantitative estimate of drug-likeness (QED) is 0.772. The van der Waals surface area contributed by atoms with E-state index in [1.807, 2.05) is 0 Å². The number of urea groups is 1. The summed E-state index contributed by atoms with van der Waals surface area (Å²) in [5.41, 5.74) is -1.04. The number of likely N-dealkylation sites (N-methyl/N-ethyl adjacent to an activating group) is 1. The Morgan fingerprint density at radius 3 is 2.45 bits per heavy atom. The van der Waals surface area contributed by atoms with Crippen LogP contribution in [-0.2, 0) is 9.59 Å². The Kier molecular flexibility index (Phi) is 4.09. The van der Waals surface area contributed by atoms with Crippen LogP contribution in [0.4, 0.5) is 18.0 Å². The van der Waals surface area contributed by atoms with Crippen molar-refractivity contribution in [1.82, 2.24) is 15.1 Å². The van der Waals surface area contributed by atoms with Gasteiger partial charge in [-0.25, -0.2) is 4.79 Å². The third kappa shape index (κ3) is 3.17. The number of carbonyl (C=O) groups is 3. The van der Waals surface area contributed by atoms with Crippen molar-refractivity contribution in [2.45, 2.75) is 38.4 Å². The SMILES string of the molecule is CCN(CC(F)(F)F)C(=O)CN1C(=O)NC(C)(C2CC2)C1=O. The van der Waals surface area contributed by atoms with Crippen LogP contribution in [0.2, 0.25) is 0 Å². The number of amides is 4. The Balaban J connectivity index is 2.04.